The van der Waals surface area contributed by atoms with Crippen LogP contribution in [0.4, 0.5) is 0 Å². The zero-order valence-corrected chi connectivity index (χ0v) is 15.9. The van der Waals surface area contributed by atoms with Crippen LogP contribution in [-0.2, 0) is 24.4 Å². The van der Waals surface area contributed by atoms with Crippen molar-refractivity contribution in [2.45, 2.75) is 40.4 Å². The molecule has 1 amide bonds. The molecule has 6 nitrogen and oxygen atoms in total. The largest absolute Gasteiger partial charge is 0.394 e. The molecule has 140 valence electrons. The first-order valence-corrected chi connectivity index (χ1v) is 9.15. The molecular formula is C20H28N4O2. The highest BCUT2D eigenvalue weighted by molar-refractivity contribution is 5.79. The van der Waals surface area contributed by atoms with Crippen LogP contribution in [0.5, 0.6) is 0 Å². The predicted molar refractivity (Wildman–Crippen MR) is 101 cm³/mol. The van der Waals surface area contributed by atoms with Gasteiger partial charge in [-0.25, -0.2) is 0 Å². The van der Waals surface area contributed by atoms with E-state index in [1.54, 1.807) is 4.68 Å². The van der Waals surface area contributed by atoms with Gasteiger partial charge in [0.15, 0.2) is 0 Å². The lowest BCUT2D eigenvalue weighted by Gasteiger charge is -2.34. The highest BCUT2D eigenvalue weighted by Crippen LogP contribution is 2.16. The molecule has 0 unspecified atom stereocenters. The molecule has 0 bridgehead atoms. The van der Waals surface area contributed by atoms with E-state index in [4.69, 9.17) is 5.11 Å². The Morgan fingerprint density at radius 3 is 2.46 bits per heavy atom. The summed E-state index contributed by atoms with van der Waals surface area (Å²) in [6.07, 6.45) is 1.97. The first-order valence-electron chi connectivity index (χ1n) is 9.15. The van der Waals surface area contributed by atoms with Gasteiger partial charge in [0.05, 0.1) is 25.4 Å². The number of aromatic nitrogens is 2. The van der Waals surface area contributed by atoms with Crippen molar-refractivity contribution in [3.8, 4) is 0 Å². The molecule has 1 saturated heterocycles. The molecule has 26 heavy (non-hydrogen) atoms. The average Bonchev–Trinajstić information content (AvgIpc) is 2.89. The predicted octanol–water partition coefficient (Wildman–Crippen LogP) is 1.65. The van der Waals surface area contributed by atoms with E-state index in [0.717, 1.165) is 30.9 Å². The highest BCUT2D eigenvalue weighted by atomic mass is 16.3. The Hall–Kier alpha value is -2.18. The fourth-order valence-corrected chi connectivity index (χ4v) is 3.61. The number of aliphatic hydroxyl groups excluding tert-OH is 1. The first-order chi connectivity index (χ1) is 12.4. The van der Waals surface area contributed by atoms with Crippen molar-refractivity contribution in [2.24, 2.45) is 0 Å². The number of nitrogens with zero attached hydrogens (tertiary/aromatic N) is 4. The quantitative estimate of drug-likeness (QED) is 0.855. The fraction of sp³-hybridized carbons (Fsp3) is 0.500. The Labute approximate surface area is 155 Å². The summed E-state index contributed by atoms with van der Waals surface area (Å²) >= 11 is 0. The van der Waals surface area contributed by atoms with Crippen LogP contribution >= 0.6 is 0 Å². The number of carbonyl (C=O) groups excluding carboxylic acids is 1. The average molecular weight is 356 g/mol. The molecule has 0 spiro atoms. The van der Waals surface area contributed by atoms with E-state index in [2.05, 4.69) is 42.0 Å². The molecule has 1 fully saturated rings. The van der Waals surface area contributed by atoms with E-state index in [1.807, 2.05) is 18.0 Å². The van der Waals surface area contributed by atoms with Crippen molar-refractivity contribution < 1.29 is 9.90 Å². The number of benzene rings is 1. The fourth-order valence-electron chi connectivity index (χ4n) is 3.61. The number of aryl methyl sites for hydroxylation is 3. The van der Waals surface area contributed by atoms with Gasteiger partial charge in [0.25, 0.3) is 0 Å². The Balaban J connectivity index is 1.59. The summed E-state index contributed by atoms with van der Waals surface area (Å²) in [6, 6.07) is 6.47. The molecule has 1 aliphatic heterocycles. The molecule has 1 N–H and O–H groups in total. The SMILES string of the molecule is Cc1cc(C)cc(CN2CCN(Cc3cn(CCO)nc3C)CC2=O)c1. The number of hydrogen-bond acceptors (Lipinski definition) is 4. The molecular weight excluding hydrogens is 328 g/mol. The van der Waals surface area contributed by atoms with Gasteiger partial charge in [-0.1, -0.05) is 29.3 Å². The van der Waals surface area contributed by atoms with Gasteiger partial charge in [-0.3, -0.25) is 14.4 Å². The summed E-state index contributed by atoms with van der Waals surface area (Å²) < 4.78 is 1.77. The summed E-state index contributed by atoms with van der Waals surface area (Å²) in [4.78, 5) is 16.7. The smallest absolute Gasteiger partial charge is 0.237 e. The maximum atomic E-state index is 12.6. The van der Waals surface area contributed by atoms with E-state index < -0.39 is 0 Å². The number of carbonyl (C=O) groups is 1. The van der Waals surface area contributed by atoms with Gasteiger partial charge in [-0.15, -0.1) is 0 Å². The van der Waals surface area contributed by atoms with Crippen LogP contribution in [0.25, 0.3) is 0 Å². The van der Waals surface area contributed by atoms with E-state index >= 15 is 0 Å². The summed E-state index contributed by atoms with van der Waals surface area (Å²) in [5.74, 6) is 0.177. The van der Waals surface area contributed by atoms with E-state index in [9.17, 15) is 4.79 Å². The minimum absolute atomic E-state index is 0.0795. The second-order valence-corrected chi connectivity index (χ2v) is 7.25. The standard InChI is InChI=1S/C20H28N4O2/c1-15-8-16(2)10-18(9-15)11-23-5-4-22(14-20(23)26)12-19-13-24(6-7-25)21-17(19)3/h8-10,13,25H,4-7,11-12,14H2,1-3H3. The van der Waals surface area contributed by atoms with Crippen LogP contribution in [0.2, 0.25) is 0 Å². The zero-order valence-electron chi connectivity index (χ0n) is 15.9. The van der Waals surface area contributed by atoms with Gasteiger partial charge < -0.3 is 10.0 Å². The molecule has 0 radical (unpaired) electrons. The third kappa shape index (κ3) is 4.51. The van der Waals surface area contributed by atoms with Crippen LogP contribution in [0.1, 0.15) is 27.9 Å². The molecule has 1 aromatic heterocycles. The Morgan fingerprint density at radius 2 is 1.81 bits per heavy atom. The Kier molecular flexibility index (Phi) is 5.74. The zero-order chi connectivity index (χ0) is 18.7. The number of amides is 1. The molecule has 3 rings (SSSR count). The second-order valence-electron chi connectivity index (χ2n) is 7.25. The second kappa shape index (κ2) is 8.01. The maximum absolute atomic E-state index is 12.6. The minimum Gasteiger partial charge on any atom is -0.394 e. The van der Waals surface area contributed by atoms with Crippen LogP contribution in [0.15, 0.2) is 24.4 Å². The van der Waals surface area contributed by atoms with Crippen molar-refractivity contribution in [1.82, 2.24) is 19.6 Å². The van der Waals surface area contributed by atoms with Gasteiger partial charge in [0.1, 0.15) is 0 Å². The lowest BCUT2D eigenvalue weighted by Crippen LogP contribution is -2.49. The highest BCUT2D eigenvalue weighted by Gasteiger charge is 2.24. The maximum Gasteiger partial charge on any atom is 0.237 e. The minimum atomic E-state index is 0.0795. The molecule has 0 atom stereocenters. The third-order valence-corrected chi connectivity index (χ3v) is 4.82. The summed E-state index contributed by atoms with van der Waals surface area (Å²) in [5, 5.41) is 13.4. The van der Waals surface area contributed by atoms with Gasteiger partial charge >= 0.3 is 0 Å². The van der Waals surface area contributed by atoms with Gasteiger partial charge in [-0.2, -0.15) is 5.10 Å². The topological polar surface area (TPSA) is 61.6 Å². The summed E-state index contributed by atoms with van der Waals surface area (Å²) in [5.41, 5.74) is 5.76. The van der Waals surface area contributed by atoms with Crippen molar-refractivity contribution in [3.63, 3.8) is 0 Å². The van der Waals surface area contributed by atoms with Crippen LogP contribution in [0, 0.1) is 20.8 Å². The van der Waals surface area contributed by atoms with Gasteiger partial charge in [0.2, 0.25) is 5.91 Å². The molecule has 0 aliphatic carbocycles. The number of piperazine rings is 1. The molecule has 1 aliphatic rings. The third-order valence-electron chi connectivity index (χ3n) is 4.82. The number of rotatable bonds is 6. The van der Waals surface area contributed by atoms with E-state index in [-0.39, 0.29) is 12.5 Å². The van der Waals surface area contributed by atoms with Crippen LogP contribution < -0.4 is 0 Å². The Morgan fingerprint density at radius 1 is 1.08 bits per heavy atom. The molecule has 2 heterocycles. The molecule has 0 saturated carbocycles. The van der Waals surface area contributed by atoms with Gasteiger partial charge in [-0.05, 0) is 26.3 Å². The molecule has 1 aromatic carbocycles. The van der Waals surface area contributed by atoms with Crippen molar-refractivity contribution >= 4 is 5.91 Å². The van der Waals surface area contributed by atoms with Crippen molar-refractivity contribution in [2.75, 3.05) is 26.2 Å². The van der Waals surface area contributed by atoms with Gasteiger partial charge in [0, 0.05) is 37.9 Å². The Bertz CT molecular complexity index is 764. The molecule has 6 heteroatoms. The lowest BCUT2D eigenvalue weighted by molar-refractivity contribution is -0.136. The monoisotopic (exact) mass is 356 g/mol. The van der Waals surface area contributed by atoms with Crippen molar-refractivity contribution in [1.29, 1.82) is 0 Å². The van der Waals surface area contributed by atoms with E-state index in [1.165, 1.54) is 16.7 Å². The van der Waals surface area contributed by atoms with Crippen LogP contribution in [0.3, 0.4) is 0 Å². The van der Waals surface area contributed by atoms with E-state index in [0.29, 0.717) is 19.6 Å². The summed E-state index contributed by atoms with van der Waals surface area (Å²) in [7, 11) is 0. The summed E-state index contributed by atoms with van der Waals surface area (Å²) in [6.45, 7) is 10.2. The van der Waals surface area contributed by atoms with Crippen molar-refractivity contribution in [3.05, 3.63) is 52.3 Å². The van der Waals surface area contributed by atoms with Crippen LogP contribution in [-0.4, -0.2) is 56.8 Å². The normalized spacial score (nSPS) is 15.7. The lowest BCUT2D eigenvalue weighted by atomic mass is 10.1. The first kappa shape index (κ1) is 18.6. The molecule has 2 aromatic rings. The number of aliphatic hydroxyl groups is 1. The number of hydrogen-bond donors (Lipinski definition) is 1.